The third-order valence-electron chi connectivity index (χ3n) is 13.8. The highest BCUT2D eigenvalue weighted by atomic mass is 32.2. The Labute approximate surface area is 389 Å². The monoisotopic (exact) mass is 959 g/mol. The molecule has 4 N–H and O–H groups in total. The van der Waals surface area contributed by atoms with Crippen molar-refractivity contribution in [2.45, 2.75) is 75.5 Å². The van der Waals surface area contributed by atoms with Crippen LogP contribution in [0, 0.1) is 23.0 Å². The lowest BCUT2D eigenvalue weighted by Gasteiger charge is -2.42. The fourth-order valence-electron chi connectivity index (χ4n) is 9.60. The summed E-state index contributed by atoms with van der Waals surface area (Å²) in [5, 5.41) is 39.6. The number of aromatic nitrogens is 4. The third-order valence-corrected chi connectivity index (χ3v) is 15.3. The molecule has 360 valence electrons. The number of hydrogen-bond donors (Lipinski definition) is 4. The average molecular weight is 960 g/mol. The number of aliphatic hydroxyl groups excluding tert-OH is 1. The molecule has 68 heavy (non-hydrogen) atoms. The van der Waals surface area contributed by atoms with Crippen molar-refractivity contribution in [1.29, 1.82) is 5.26 Å². The first-order valence-corrected chi connectivity index (χ1v) is 23.8. The highest BCUT2D eigenvalue weighted by Gasteiger charge is 2.45. The smallest absolute Gasteiger partial charge is 0.301 e. The van der Waals surface area contributed by atoms with Gasteiger partial charge in [0.25, 0.3) is 5.56 Å². The molecule has 6 heterocycles. The van der Waals surface area contributed by atoms with Crippen molar-refractivity contribution in [3.05, 3.63) is 76.3 Å². The minimum atomic E-state index is -4.05. The number of rotatable bonds is 11. The summed E-state index contributed by atoms with van der Waals surface area (Å²) < 4.78 is 74.9. The molecule has 2 amide bonds. The molecule has 5 aromatic rings. The molecule has 0 aliphatic carbocycles. The largest absolute Gasteiger partial charge is 0.453 e. The van der Waals surface area contributed by atoms with Crippen molar-refractivity contribution < 1.29 is 46.5 Å². The van der Waals surface area contributed by atoms with E-state index in [1.807, 2.05) is 11.0 Å². The van der Waals surface area contributed by atoms with E-state index in [4.69, 9.17) is 9.47 Å². The Kier molecular flexibility index (Phi) is 12.3. The number of piperidine rings is 2. The van der Waals surface area contributed by atoms with Gasteiger partial charge in [0.1, 0.15) is 23.2 Å². The van der Waals surface area contributed by atoms with Crippen molar-refractivity contribution in [3.8, 4) is 17.6 Å². The van der Waals surface area contributed by atoms with E-state index in [9.17, 15) is 38.3 Å². The van der Waals surface area contributed by atoms with Gasteiger partial charge in [0.2, 0.25) is 18.2 Å². The predicted octanol–water partition coefficient (Wildman–Crippen LogP) is 3.18. The fraction of sp³-hybridized carbons (Fsp3) is 0.467. The summed E-state index contributed by atoms with van der Waals surface area (Å²) in [7, 11) is -0.984. The summed E-state index contributed by atoms with van der Waals surface area (Å²) in [4.78, 5) is 49.0. The number of ether oxygens (including phenoxy) is 2. The SMILES string of the molecule is CCN(C)S(=O)(=O)Nc1ccc(F)c(Oc2ccc3ncn(C4COC5(CCN(C(=O)CC6(O)CCN(c7cc8c(cc7F)c(N7CCC(=O)NC7O)nn8C)CC6)CC5)C4)c(=O)c3c2)c1C#N. The Morgan fingerprint density at radius 3 is 2.51 bits per heavy atom. The molecule has 0 saturated carbocycles. The van der Waals surface area contributed by atoms with Crippen LogP contribution in [-0.2, 0) is 31.6 Å². The average Bonchev–Trinajstić information content (AvgIpc) is 3.86. The van der Waals surface area contributed by atoms with E-state index in [1.165, 1.54) is 47.1 Å². The highest BCUT2D eigenvalue weighted by molar-refractivity contribution is 7.90. The molecule has 4 aliphatic heterocycles. The van der Waals surface area contributed by atoms with E-state index in [0.29, 0.717) is 73.4 Å². The maximum absolute atomic E-state index is 15.8. The van der Waals surface area contributed by atoms with Crippen LogP contribution in [-0.4, -0.2) is 129 Å². The number of aliphatic hydroxyl groups is 2. The molecule has 2 unspecified atom stereocenters. The molecular formula is C45H51F2N11O9S. The standard InChI is InChI=1S/C45H51F2N11O9S/c1-4-53(2)68(64,65)52-35-8-6-32(46)40(31(35)24-48)67-28-5-7-34-29(19-28)42(61)58(26-49-34)27-22-45(66-25-27)12-17-56(18-13-45)39(60)23-44(63)10-15-55(16-11-44)37-21-36-30(20-33(37)47)41(51-54(36)3)57-14-9-38(59)50-43(57)62/h5-8,19-21,26-27,43,52,62-63H,4,9-18,22-23,25H2,1-3H3,(H,50,59). The van der Waals surface area contributed by atoms with Gasteiger partial charge in [-0.3, -0.25) is 28.4 Å². The molecule has 23 heteroatoms. The van der Waals surface area contributed by atoms with Crippen molar-refractivity contribution in [3.63, 3.8) is 0 Å². The number of fused-ring (bicyclic) bond motifs is 2. The second kappa shape index (κ2) is 17.9. The number of aryl methyl sites for hydroxylation is 1. The molecule has 9 rings (SSSR count). The second-order valence-corrected chi connectivity index (χ2v) is 19.7. The van der Waals surface area contributed by atoms with Gasteiger partial charge in [0.15, 0.2) is 17.4 Å². The summed E-state index contributed by atoms with van der Waals surface area (Å²) in [5.74, 6) is -2.06. The number of benzene rings is 3. The summed E-state index contributed by atoms with van der Waals surface area (Å²) in [6.45, 7) is 3.60. The van der Waals surface area contributed by atoms with Crippen molar-refractivity contribution in [1.82, 2.24) is 33.9 Å². The van der Waals surface area contributed by atoms with Crippen LogP contribution < -0.4 is 30.1 Å². The number of likely N-dealkylation sites (tertiary alicyclic amines) is 1. The zero-order chi connectivity index (χ0) is 48.3. The zero-order valence-corrected chi connectivity index (χ0v) is 38.4. The lowest BCUT2D eigenvalue weighted by atomic mass is 9.85. The quantitative estimate of drug-likeness (QED) is 0.149. The van der Waals surface area contributed by atoms with Crippen LogP contribution in [0.5, 0.6) is 11.5 Å². The molecule has 4 fully saturated rings. The maximum atomic E-state index is 15.8. The normalized spacial score (nSPS) is 20.6. The number of nitrogens with zero attached hydrogens (tertiary/aromatic N) is 9. The van der Waals surface area contributed by atoms with Gasteiger partial charge in [0.05, 0.1) is 64.4 Å². The fourth-order valence-corrected chi connectivity index (χ4v) is 10.5. The lowest BCUT2D eigenvalue weighted by molar-refractivity contribution is -0.142. The molecule has 0 bridgehead atoms. The first-order valence-electron chi connectivity index (χ1n) is 22.4. The van der Waals surface area contributed by atoms with E-state index < -0.39 is 50.7 Å². The van der Waals surface area contributed by atoms with Crippen LogP contribution in [0.2, 0.25) is 0 Å². The second-order valence-electron chi connectivity index (χ2n) is 17.9. The van der Waals surface area contributed by atoms with Gasteiger partial charge < -0.3 is 39.7 Å². The van der Waals surface area contributed by atoms with Crippen molar-refractivity contribution >= 4 is 61.0 Å². The molecule has 3 aromatic carbocycles. The Hall–Kier alpha value is -6.45. The number of nitrogens with one attached hydrogen (secondary N) is 2. The molecule has 4 saturated heterocycles. The molecule has 2 aromatic heterocycles. The zero-order valence-electron chi connectivity index (χ0n) is 37.6. The number of carbonyl (C=O) groups excluding carboxylic acids is 2. The number of halogens is 2. The molecule has 2 atom stereocenters. The van der Waals surface area contributed by atoms with Gasteiger partial charge in [-0.2, -0.15) is 23.1 Å². The first-order chi connectivity index (χ1) is 32.4. The highest BCUT2D eigenvalue weighted by Crippen LogP contribution is 2.42. The Morgan fingerprint density at radius 2 is 1.81 bits per heavy atom. The van der Waals surface area contributed by atoms with Crippen molar-refractivity contribution in [2.24, 2.45) is 7.05 Å². The van der Waals surface area contributed by atoms with Crippen LogP contribution in [0.15, 0.2) is 53.6 Å². The Bertz CT molecular complexity index is 3040. The summed E-state index contributed by atoms with van der Waals surface area (Å²) in [5.41, 5.74) is -1.56. The summed E-state index contributed by atoms with van der Waals surface area (Å²) >= 11 is 0. The summed E-state index contributed by atoms with van der Waals surface area (Å²) in [6, 6.07) is 11.0. The van der Waals surface area contributed by atoms with Crippen molar-refractivity contribution in [2.75, 3.05) is 67.4 Å². The topological polar surface area (TPSA) is 241 Å². The van der Waals surface area contributed by atoms with Crippen LogP contribution in [0.25, 0.3) is 21.8 Å². The Morgan fingerprint density at radius 1 is 1.06 bits per heavy atom. The van der Waals surface area contributed by atoms with E-state index in [0.717, 1.165) is 16.4 Å². The summed E-state index contributed by atoms with van der Waals surface area (Å²) in [6.07, 6.45) is 2.21. The number of anilines is 3. The van der Waals surface area contributed by atoms with Crippen LogP contribution in [0.1, 0.15) is 63.5 Å². The van der Waals surface area contributed by atoms with E-state index in [1.54, 1.807) is 29.6 Å². The third kappa shape index (κ3) is 8.77. The predicted molar refractivity (Wildman–Crippen MR) is 244 cm³/mol. The van der Waals surface area contributed by atoms with Crippen LogP contribution in [0.4, 0.5) is 26.0 Å². The Balaban J connectivity index is 0.812. The first kappa shape index (κ1) is 46.7. The number of nitriles is 1. The molecule has 4 aliphatic rings. The molecular weight excluding hydrogens is 909 g/mol. The van der Waals surface area contributed by atoms with E-state index in [-0.39, 0.29) is 85.6 Å². The molecule has 20 nitrogen and oxygen atoms in total. The van der Waals surface area contributed by atoms with Gasteiger partial charge in [-0.05, 0) is 74.6 Å². The van der Waals surface area contributed by atoms with Gasteiger partial charge in [-0.25, -0.2) is 13.8 Å². The minimum Gasteiger partial charge on any atom is -0.453 e. The maximum Gasteiger partial charge on any atom is 0.301 e. The minimum absolute atomic E-state index is 0.0163. The van der Waals surface area contributed by atoms with Gasteiger partial charge in [0, 0.05) is 65.2 Å². The number of hydrogen-bond acceptors (Lipinski definition) is 14. The van der Waals surface area contributed by atoms with Crippen LogP contribution in [0.3, 0.4) is 0 Å². The lowest BCUT2D eigenvalue weighted by Crippen LogP contribution is -2.54. The van der Waals surface area contributed by atoms with Gasteiger partial charge >= 0.3 is 10.2 Å². The van der Waals surface area contributed by atoms with E-state index >= 15 is 8.78 Å². The van der Waals surface area contributed by atoms with Crippen LogP contribution >= 0.6 is 0 Å². The number of amides is 2. The molecule has 1 spiro atoms. The number of carbonyl (C=O) groups is 2. The van der Waals surface area contributed by atoms with Gasteiger partial charge in [-0.15, -0.1) is 0 Å². The van der Waals surface area contributed by atoms with E-state index in [2.05, 4.69) is 20.1 Å². The molecule has 0 radical (unpaired) electrons. The van der Waals surface area contributed by atoms with Gasteiger partial charge in [-0.1, -0.05) is 6.92 Å².